The number of amides is 1. The summed E-state index contributed by atoms with van der Waals surface area (Å²) in [5, 5.41) is 0. The molecule has 4 rings (SSSR count). The minimum absolute atomic E-state index is 0.0617. The van der Waals surface area contributed by atoms with Crippen LogP contribution in [0.1, 0.15) is 28.8 Å². The number of hydrogen-bond donors (Lipinski definition) is 0. The number of morpholine rings is 1. The van der Waals surface area contributed by atoms with Gasteiger partial charge < -0.3 is 14.5 Å². The average molecular weight is 365 g/mol. The lowest BCUT2D eigenvalue weighted by Crippen LogP contribution is -2.41. The number of ether oxygens (including phenoxy) is 1. The van der Waals surface area contributed by atoms with Crippen LogP contribution in [0.4, 0.5) is 5.69 Å². The molecule has 0 atom stereocenters. The van der Waals surface area contributed by atoms with Gasteiger partial charge in [-0.25, -0.2) is 0 Å². The Kier molecular flexibility index (Phi) is 5.68. The quantitative estimate of drug-likeness (QED) is 0.836. The first kappa shape index (κ1) is 18.0. The molecule has 5 nitrogen and oxygen atoms in total. The fourth-order valence-corrected chi connectivity index (χ4v) is 4.01. The molecule has 1 aromatic heterocycles. The van der Waals surface area contributed by atoms with Gasteiger partial charge in [0.25, 0.3) is 5.91 Å². The number of pyridine rings is 1. The van der Waals surface area contributed by atoms with E-state index in [1.165, 1.54) is 18.4 Å². The Hall–Kier alpha value is -2.40. The van der Waals surface area contributed by atoms with Crippen LogP contribution in [0.2, 0.25) is 0 Å². The zero-order valence-corrected chi connectivity index (χ0v) is 15.7. The molecular weight excluding hydrogens is 338 g/mol. The van der Waals surface area contributed by atoms with E-state index in [0.29, 0.717) is 31.9 Å². The molecule has 2 saturated heterocycles. The van der Waals surface area contributed by atoms with Gasteiger partial charge in [0, 0.05) is 32.4 Å². The number of anilines is 1. The SMILES string of the molecule is O=C(c1cncc(N2CCC(Cc3ccccc3)CC2)c1)N1CCOCC1. The third kappa shape index (κ3) is 4.48. The Labute approximate surface area is 161 Å². The van der Waals surface area contributed by atoms with Gasteiger partial charge in [-0.3, -0.25) is 9.78 Å². The number of carbonyl (C=O) groups is 1. The maximum atomic E-state index is 12.7. The molecule has 0 bridgehead atoms. The van der Waals surface area contributed by atoms with Crippen molar-refractivity contribution in [3.05, 3.63) is 59.9 Å². The Balaban J connectivity index is 1.36. The summed E-state index contributed by atoms with van der Waals surface area (Å²) in [5.41, 5.74) is 3.17. The monoisotopic (exact) mass is 365 g/mol. The van der Waals surface area contributed by atoms with E-state index in [0.717, 1.165) is 31.1 Å². The van der Waals surface area contributed by atoms with Crippen molar-refractivity contribution in [1.29, 1.82) is 0 Å². The van der Waals surface area contributed by atoms with Gasteiger partial charge in [-0.05, 0) is 36.8 Å². The summed E-state index contributed by atoms with van der Waals surface area (Å²) in [7, 11) is 0. The van der Waals surface area contributed by atoms with E-state index in [1.54, 1.807) is 6.20 Å². The van der Waals surface area contributed by atoms with E-state index in [4.69, 9.17) is 4.74 Å². The fourth-order valence-electron chi connectivity index (χ4n) is 4.01. The minimum Gasteiger partial charge on any atom is -0.378 e. The first-order chi connectivity index (χ1) is 13.3. The molecule has 2 fully saturated rings. The molecular formula is C22H27N3O2. The molecule has 2 aliphatic rings. The van der Waals surface area contributed by atoms with Gasteiger partial charge in [0.1, 0.15) is 0 Å². The number of benzene rings is 1. The predicted octanol–water partition coefficient (Wildman–Crippen LogP) is 3.01. The lowest BCUT2D eigenvalue weighted by molar-refractivity contribution is 0.0302. The molecule has 0 unspecified atom stereocenters. The number of hydrogen-bond acceptors (Lipinski definition) is 4. The Bertz CT molecular complexity index is 751. The highest BCUT2D eigenvalue weighted by Crippen LogP contribution is 2.26. The standard InChI is InChI=1S/C22H27N3O2/c26-22(25-10-12-27-13-11-25)20-15-21(17-23-16-20)24-8-6-19(7-9-24)14-18-4-2-1-3-5-18/h1-5,15-17,19H,6-14H2. The molecule has 3 heterocycles. The zero-order chi connectivity index (χ0) is 18.5. The zero-order valence-electron chi connectivity index (χ0n) is 15.7. The number of piperidine rings is 1. The molecule has 2 aromatic rings. The van der Waals surface area contributed by atoms with Crippen LogP contribution in [0.3, 0.4) is 0 Å². The van der Waals surface area contributed by atoms with Gasteiger partial charge in [-0.2, -0.15) is 0 Å². The highest BCUT2D eigenvalue weighted by atomic mass is 16.5. The van der Waals surface area contributed by atoms with Crippen LogP contribution < -0.4 is 4.90 Å². The van der Waals surface area contributed by atoms with Crippen LogP contribution in [-0.2, 0) is 11.2 Å². The molecule has 1 amide bonds. The van der Waals surface area contributed by atoms with E-state index < -0.39 is 0 Å². The van der Waals surface area contributed by atoms with Crippen LogP contribution in [0, 0.1) is 5.92 Å². The van der Waals surface area contributed by atoms with Crippen LogP contribution >= 0.6 is 0 Å². The number of rotatable bonds is 4. The molecule has 0 aliphatic carbocycles. The molecule has 0 radical (unpaired) electrons. The highest BCUT2D eigenvalue weighted by Gasteiger charge is 2.22. The second kappa shape index (κ2) is 8.53. The Morgan fingerprint density at radius 3 is 2.52 bits per heavy atom. The van der Waals surface area contributed by atoms with E-state index in [-0.39, 0.29) is 5.91 Å². The van der Waals surface area contributed by atoms with Crippen molar-refractivity contribution < 1.29 is 9.53 Å². The maximum Gasteiger partial charge on any atom is 0.255 e. The Morgan fingerprint density at radius 1 is 1.04 bits per heavy atom. The van der Waals surface area contributed by atoms with Crippen molar-refractivity contribution in [1.82, 2.24) is 9.88 Å². The smallest absolute Gasteiger partial charge is 0.255 e. The van der Waals surface area contributed by atoms with Gasteiger partial charge in [0.2, 0.25) is 0 Å². The van der Waals surface area contributed by atoms with Crippen molar-refractivity contribution in [3.8, 4) is 0 Å². The van der Waals surface area contributed by atoms with Crippen molar-refractivity contribution >= 4 is 11.6 Å². The normalized spacial score (nSPS) is 18.5. The summed E-state index contributed by atoms with van der Waals surface area (Å²) in [4.78, 5) is 21.3. The molecule has 27 heavy (non-hydrogen) atoms. The first-order valence-corrected chi connectivity index (χ1v) is 9.90. The van der Waals surface area contributed by atoms with Crippen LogP contribution in [0.15, 0.2) is 48.8 Å². The third-order valence-corrected chi connectivity index (χ3v) is 5.62. The topological polar surface area (TPSA) is 45.7 Å². The predicted molar refractivity (Wildman–Crippen MR) is 106 cm³/mol. The molecule has 0 N–H and O–H groups in total. The number of nitrogens with zero attached hydrogens (tertiary/aromatic N) is 3. The van der Waals surface area contributed by atoms with Gasteiger partial charge >= 0.3 is 0 Å². The minimum atomic E-state index is 0.0617. The van der Waals surface area contributed by atoms with E-state index in [2.05, 4.69) is 40.2 Å². The lowest BCUT2D eigenvalue weighted by atomic mass is 9.90. The van der Waals surface area contributed by atoms with Crippen LogP contribution in [0.25, 0.3) is 0 Å². The summed E-state index contributed by atoms with van der Waals surface area (Å²) < 4.78 is 5.34. The van der Waals surface area contributed by atoms with E-state index in [9.17, 15) is 4.79 Å². The second-order valence-electron chi connectivity index (χ2n) is 7.46. The molecule has 1 aromatic carbocycles. The summed E-state index contributed by atoms with van der Waals surface area (Å²) in [5.74, 6) is 0.793. The van der Waals surface area contributed by atoms with Gasteiger partial charge in [0.15, 0.2) is 0 Å². The Morgan fingerprint density at radius 2 is 1.78 bits per heavy atom. The summed E-state index contributed by atoms with van der Waals surface area (Å²) in [6.45, 7) is 4.60. The maximum absolute atomic E-state index is 12.7. The summed E-state index contributed by atoms with van der Waals surface area (Å²) in [6.07, 6.45) is 7.08. The largest absolute Gasteiger partial charge is 0.378 e. The van der Waals surface area contributed by atoms with Crippen LogP contribution in [0.5, 0.6) is 0 Å². The van der Waals surface area contributed by atoms with Crippen molar-refractivity contribution in [3.63, 3.8) is 0 Å². The first-order valence-electron chi connectivity index (χ1n) is 9.90. The van der Waals surface area contributed by atoms with E-state index in [1.807, 2.05) is 17.2 Å². The van der Waals surface area contributed by atoms with Gasteiger partial charge in [0.05, 0.1) is 30.7 Å². The van der Waals surface area contributed by atoms with E-state index >= 15 is 0 Å². The van der Waals surface area contributed by atoms with Crippen LogP contribution in [-0.4, -0.2) is 55.2 Å². The fraction of sp³-hybridized carbons (Fsp3) is 0.455. The van der Waals surface area contributed by atoms with Gasteiger partial charge in [-0.1, -0.05) is 30.3 Å². The van der Waals surface area contributed by atoms with Gasteiger partial charge in [-0.15, -0.1) is 0 Å². The van der Waals surface area contributed by atoms with Crippen molar-refractivity contribution in [2.75, 3.05) is 44.3 Å². The lowest BCUT2D eigenvalue weighted by Gasteiger charge is -2.34. The number of aromatic nitrogens is 1. The highest BCUT2D eigenvalue weighted by molar-refractivity contribution is 5.94. The number of carbonyl (C=O) groups excluding carboxylic acids is 1. The molecule has 0 spiro atoms. The summed E-state index contributed by atoms with van der Waals surface area (Å²) in [6, 6.07) is 12.8. The molecule has 0 saturated carbocycles. The molecule has 142 valence electrons. The summed E-state index contributed by atoms with van der Waals surface area (Å²) >= 11 is 0. The van der Waals surface area contributed by atoms with Crippen molar-refractivity contribution in [2.45, 2.75) is 19.3 Å². The average Bonchev–Trinajstić information content (AvgIpc) is 2.75. The molecule has 5 heteroatoms. The second-order valence-corrected chi connectivity index (χ2v) is 7.46. The van der Waals surface area contributed by atoms with Crippen molar-refractivity contribution in [2.24, 2.45) is 5.92 Å². The molecule has 2 aliphatic heterocycles. The third-order valence-electron chi connectivity index (χ3n) is 5.62.